The first kappa shape index (κ1) is 11.0. The van der Waals surface area contributed by atoms with Crippen LogP contribution in [0.1, 0.15) is 17.3 Å². The summed E-state index contributed by atoms with van der Waals surface area (Å²) in [7, 11) is 0. The first-order valence-electron chi connectivity index (χ1n) is 4.93. The molecule has 0 bridgehead atoms. The van der Waals surface area contributed by atoms with Crippen molar-refractivity contribution < 1.29 is 4.42 Å². The molecule has 0 amide bonds. The zero-order valence-electron chi connectivity index (χ0n) is 9.12. The van der Waals surface area contributed by atoms with Gasteiger partial charge in [-0.25, -0.2) is 4.98 Å². The molecule has 0 aliphatic carbocycles. The second-order valence-corrected chi connectivity index (χ2v) is 3.87. The van der Waals surface area contributed by atoms with E-state index in [0.717, 1.165) is 17.1 Å². The van der Waals surface area contributed by atoms with Gasteiger partial charge in [-0.1, -0.05) is 11.6 Å². The molecule has 5 heteroatoms. The molecule has 16 heavy (non-hydrogen) atoms. The maximum atomic E-state index is 5.95. The number of oxazole rings is 1. The van der Waals surface area contributed by atoms with Gasteiger partial charge < -0.3 is 9.73 Å². The van der Waals surface area contributed by atoms with Crippen LogP contribution in [0.4, 0.5) is 5.69 Å². The predicted octanol–water partition coefficient (Wildman–Crippen LogP) is 2.95. The van der Waals surface area contributed by atoms with Crippen molar-refractivity contribution >= 4 is 17.3 Å². The summed E-state index contributed by atoms with van der Waals surface area (Å²) in [6.45, 7) is 4.32. The third kappa shape index (κ3) is 2.33. The van der Waals surface area contributed by atoms with Gasteiger partial charge in [-0.3, -0.25) is 4.98 Å². The number of hydrogen-bond acceptors (Lipinski definition) is 4. The molecular formula is C11H12ClN3O. The standard InChI is InChI=1S/C11H12ClN3O/c1-7-8(2)16-11(15-7)6-14-10-3-4-13-5-9(10)12/h3-5H,6H2,1-2H3,(H,13,14). The number of nitrogens with zero attached hydrogens (tertiary/aromatic N) is 2. The smallest absolute Gasteiger partial charge is 0.213 e. The van der Waals surface area contributed by atoms with Gasteiger partial charge in [-0.05, 0) is 19.9 Å². The van der Waals surface area contributed by atoms with Crippen LogP contribution in [0.25, 0.3) is 0 Å². The molecule has 0 aromatic carbocycles. The number of hydrogen-bond donors (Lipinski definition) is 1. The van der Waals surface area contributed by atoms with Crippen LogP contribution in [0.5, 0.6) is 0 Å². The molecule has 2 aromatic rings. The Bertz CT molecular complexity index is 476. The summed E-state index contributed by atoms with van der Waals surface area (Å²) < 4.78 is 5.44. The minimum absolute atomic E-state index is 0.512. The SMILES string of the molecule is Cc1nc(CNc2ccncc2Cl)oc1C. The van der Waals surface area contributed by atoms with E-state index in [-0.39, 0.29) is 0 Å². The lowest BCUT2D eigenvalue weighted by atomic mass is 10.4. The Kier molecular flexibility index (Phi) is 3.10. The maximum absolute atomic E-state index is 5.95. The van der Waals surface area contributed by atoms with E-state index in [4.69, 9.17) is 16.0 Å². The number of halogens is 1. The van der Waals surface area contributed by atoms with E-state index in [1.54, 1.807) is 12.4 Å². The highest BCUT2D eigenvalue weighted by Crippen LogP contribution is 2.20. The molecule has 0 unspecified atom stereocenters. The van der Waals surface area contributed by atoms with Crippen molar-refractivity contribution in [2.75, 3.05) is 5.32 Å². The van der Waals surface area contributed by atoms with E-state index >= 15 is 0 Å². The fourth-order valence-corrected chi connectivity index (χ4v) is 1.49. The zero-order chi connectivity index (χ0) is 11.5. The largest absolute Gasteiger partial charge is 0.444 e. The van der Waals surface area contributed by atoms with Gasteiger partial charge in [-0.2, -0.15) is 0 Å². The van der Waals surface area contributed by atoms with Crippen LogP contribution in [0.3, 0.4) is 0 Å². The van der Waals surface area contributed by atoms with Crippen LogP contribution >= 0.6 is 11.6 Å². The number of nitrogens with one attached hydrogen (secondary N) is 1. The molecule has 84 valence electrons. The van der Waals surface area contributed by atoms with Crippen LogP contribution in [0.15, 0.2) is 22.9 Å². The Balaban J connectivity index is 2.05. The summed E-state index contributed by atoms with van der Waals surface area (Å²) >= 11 is 5.95. The van der Waals surface area contributed by atoms with Crippen LogP contribution in [0, 0.1) is 13.8 Å². The molecule has 0 radical (unpaired) electrons. The predicted molar refractivity (Wildman–Crippen MR) is 62.6 cm³/mol. The van der Waals surface area contributed by atoms with Gasteiger partial charge in [0.15, 0.2) is 0 Å². The molecule has 0 saturated heterocycles. The van der Waals surface area contributed by atoms with Gasteiger partial charge in [-0.15, -0.1) is 0 Å². The fraction of sp³-hybridized carbons (Fsp3) is 0.273. The zero-order valence-corrected chi connectivity index (χ0v) is 9.88. The van der Waals surface area contributed by atoms with Gasteiger partial charge >= 0.3 is 0 Å². The van der Waals surface area contributed by atoms with Crippen LogP contribution < -0.4 is 5.32 Å². The molecule has 1 N–H and O–H groups in total. The summed E-state index contributed by atoms with van der Waals surface area (Å²) in [6, 6.07) is 1.81. The average Bonchev–Trinajstić information content (AvgIpc) is 2.57. The van der Waals surface area contributed by atoms with Crippen molar-refractivity contribution in [3.05, 3.63) is 40.8 Å². The highest BCUT2D eigenvalue weighted by atomic mass is 35.5. The van der Waals surface area contributed by atoms with Gasteiger partial charge in [0.25, 0.3) is 0 Å². The lowest BCUT2D eigenvalue weighted by Gasteiger charge is -2.04. The lowest BCUT2D eigenvalue weighted by Crippen LogP contribution is -2.00. The van der Waals surface area contributed by atoms with Crippen LogP contribution in [0.2, 0.25) is 5.02 Å². The molecule has 0 saturated carbocycles. The highest BCUT2D eigenvalue weighted by molar-refractivity contribution is 6.33. The normalized spacial score (nSPS) is 10.4. The van der Waals surface area contributed by atoms with Gasteiger partial charge in [0.2, 0.25) is 5.89 Å². The van der Waals surface area contributed by atoms with Crippen LogP contribution in [-0.2, 0) is 6.54 Å². The molecule has 4 nitrogen and oxygen atoms in total. The number of aryl methyl sites for hydroxylation is 2. The molecule has 2 heterocycles. The molecule has 2 aromatic heterocycles. The van der Waals surface area contributed by atoms with Crippen molar-refractivity contribution in [3.63, 3.8) is 0 Å². The fourth-order valence-electron chi connectivity index (χ4n) is 1.30. The Morgan fingerprint density at radius 1 is 1.44 bits per heavy atom. The Morgan fingerprint density at radius 3 is 2.88 bits per heavy atom. The van der Waals surface area contributed by atoms with E-state index in [1.807, 2.05) is 19.9 Å². The molecule has 0 aliphatic rings. The average molecular weight is 238 g/mol. The second-order valence-electron chi connectivity index (χ2n) is 3.46. The van der Waals surface area contributed by atoms with Gasteiger partial charge in [0.05, 0.1) is 22.9 Å². The molecule has 0 atom stereocenters. The minimum Gasteiger partial charge on any atom is -0.444 e. The van der Waals surface area contributed by atoms with E-state index in [1.165, 1.54) is 0 Å². The van der Waals surface area contributed by atoms with E-state index in [2.05, 4.69) is 15.3 Å². The molecular weight excluding hydrogens is 226 g/mol. The van der Waals surface area contributed by atoms with Gasteiger partial charge in [0, 0.05) is 12.4 Å². The van der Waals surface area contributed by atoms with E-state index < -0.39 is 0 Å². The minimum atomic E-state index is 0.512. The Hall–Kier alpha value is -1.55. The van der Waals surface area contributed by atoms with E-state index in [9.17, 15) is 0 Å². The molecule has 0 fully saturated rings. The summed E-state index contributed by atoms with van der Waals surface area (Å²) in [5.74, 6) is 1.50. The Labute approximate surface area is 98.7 Å². The highest BCUT2D eigenvalue weighted by Gasteiger charge is 2.06. The summed E-state index contributed by atoms with van der Waals surface area (Å²) in [6.07, 6.45) is 3.27. The first-order chi connectivity index (χ1) is 7.66. The third-order valence-corrected chi connectivity index (χ3v) is 2.58. The topological polar surface area (TPSA) is 51.0 Å². The quantitative estimate of drug-likeness (QED) is 0.892. The van der Waals surface area contributed by atoms with Gasteiger partial charge in [0.1, 0.15) is 5.76 Å². The second kappa shape index (κ2) is 4.53. The summed E-state index contributed by atoms with van der Waals surface area (Å²) in [5.41, 5.74) is 1.74. The van der Waals surface area contributed by atoms with Crippen LogP contribution in [-0.4, -0.2) is 9.97 Å². The third-order valence-electron chi connectivity index (χ3n) is 2.28. The van der Waals surface area contributed by atoms with Crippen molar-refractivity contribution in [2.45, 2.75) is 20.4 Å². The monoisotopic (exact) mass is 237 g/mol. The lowest BCUT2D eigenvalue weighted by molar-refractivity contribution is 0.478. The number of aromatic nitrogens is 2. The molecule has 0 aliphatic heterocycles. The first-order valence-corrected chi connectivity index (χ1v) is 5.31. The van der Waals surface area contributed by atoms with Crippen molar-refractivity contribution in [3.8, 4) is 0 Å². The molecule has 2 rings (SSSR count). The molecule has 0 spiro atoms. The number of anilines is 1. The summed E-state index contributed by atoms with van der Waals surface area (Å²) in [5, 5.41) is 3.73. The van der Waals surface area contributed by atoms with E-state index in [0.29, 0.717) is 17.5 Å². The summed E-state index contributed by atoms with van der Waals surface area (Å²) in [4.78, 5) is 8.17. The number of pyridine rings is 1. The maximum Gasteiger partial charge on any atom is 0.213 e. The Morgan fingerprint density at radius 2 is 2.25 bits per heavy atom. The van der Waals surface area contributed by atoms with Crippen molar-refractivity contribution in [1.29, 1.82) is 0 Å². The number of rotatable bonds is 3. The van der Waals surface area contributed by atoms with Crippen molar-refractivity contribution in [1.82, 2.24) is 9.97 Å². The van der Waals surface area contributed by atoms with Crippen molar-refractivity contribution in [2.24, 2.45) is 0 Å².